The molecule has 1 aromatic carbocycles. The maximum Gasteiger partial charge on any atom is 0.167 e. The van der Waals surface area contributed by atoms with Crippen LogP contribution >= 0.6 is 35.8 Å². The molecular formula is C43H79N3O2S3. The van der Waals surface area contributed by atoms with Crippen LogP contribution in [0.4, 0.5) is 0 Å². The number of thiazole rings is 1. The molecule has 0 saturated heterocycles. The molecule has 1 aromatic heterocycles. The Morgan fingerprint density at radius 1 is 0.627 bits per heavy atom. The standard InChI is InChI=1S/2C16H35N.C11H9NO2S3/c2*1-5-9-11-15(7-3)13-17-14-16(8-4)12-10-6-2;13-9(15)5-6(11(14)16)10-12-7-3-1-2-4-8(7)17-10/h2*15-17H,5-14H2,1-4H3;1-4,6H,5H2,(H,13,15)(H,14,16). The fourth-order valence-corrected chi connectivity index (χ4v) is 7.76. The highest BCUT2D eigenvalue weighted by Gasteiger charge is 2.22. The van der Waals surface area contributed by atoms with Crippen LogP contribution in [0.5, 0.6) is 0 Å². The summed E-state index contributed by atoms with van der Waals surface area (Å²) in [6.45, 7) is 23.4. The summed E-state index contributed by atoms with van der Waals surface area (Å²) in [6, 6.07) is 7.66. The number of rotatable bonds is 28. The molecule has 5 nitrogen and oxygen atoms in total. The lowest BCUT2D eigenvalue weighted by Gasteiger charge is -2.19. The molecule has 51 heavy (non-hydrogen) atoms. The first kappa shape index (κ1) is 49.8. The molecule has 0 bridgehead atoms. The van der Waals surface area contributed by atoms with Crippen molar-refractivity contribution in [2.75, 3.05) is 26.2 Å². The number of aromatic nitrogens is 1. The Bertz CT molecular complexity index is 1010. The predicted octanol–water partition coefficient (Wildman–Crippen LogP) is 13.6. The van der Waals surface area contributed by atoms with Crippen LogP contribution in [0, 0.1) is 23.7 Å². The van der Waals surface area contributed by atoms with Gasteiger partial charge in [-0.05, 0) is 112 Å². The molecule has 0 fully saturated rings. The molecule has 5 unspecified atom stereocenters. The van der Waals surface area contributed by atoms with Gasteiger partial charge in [0.2, 0.25) is 0 Å². The van der Waals surface area contributed by atoms with Gasteiger partial charge in [0.1, 0.15) is 5.01 Å². The number of benzene rings is 1. The van der Waals surface area contributed by atoms with Gasteiger partial charge >= 0.3 is 0 Å². The van der Waals surface area contributed by atoms with Crippen molar-refractivity contribution in [3.05, 3.63) is 29.3 Å². The summed E-state index contributed by atoms with van der Waals surface area (Å²) < 4.78 is 1.02. The van der Waals surface area contributed by atoms with Crippen LogP contribution in [0.15, 0.2) is 24.3 Å². The van der Waals surface area contributed by atoms with E-state index < -0.39 is 5.92 Å². The van der Waals surface area contributed by atoms with E-state index in [9.17, 15) is 5.11 Å². The van der Waals surface area contributed by atoms with Crippen molar-refractivity contribution in [3.8, 4) is 0 Å². The summed E-state index contributed by atoms with van der Waals surface area (Å²) >= 11 is 10.9. The molecule has 0 radical (unpaired) electrons. The predicted molar refractivity (Wildman–Crippen MR) is 236 cm³/mol. The van der Waals surface area contributed by atoms with Crippen LogP contribution < -0.4 is 10.6 Å². The summed E-state index contributed by atoms with van der Waals surface area (Å²) in [7, 11) is 0. The first-order chi connectivity index (χ1) is 24.6. The van der Waals surface area contributed by atoms with Gasteiger partial charge in [-0.3, -0.25) is 0 Å². The first-order valence-corrected chi connectivity index (χ1v) is 22.5. The van der Waals surface area contributed by atoms with Crippen molar-refractivity contribution in [1.82, 2.24) is 15.6 Å². The average Bonchev–Trinajstić information content (AvgIpc) is 3.57. The normalized spacial score (nSPS) is 14.0. The third-order valence-corrected chi connectivity index (χ3v) is 11.8. The van der Waals surface area contributed by atoms with Crippen molar-refractivity contribution < 1.29 is 10.2 Å². The van der Waals surface area contributed by atoms with Crippen molar-refractivity contribution in [2.45, 2.75) is 170 Å². The van der Waals surface area contributed by atoms with Crippen LogP contribution in [-0.4, -0.2) is 51.5 Å². The topological polar surface area (TPSA) is 77.4 Å². The van der Waals surface area contributed by atoms with Crippen LogP contribution in [-0.2, 0) is 0 Å². The molecule has 5 atom stereocenters. The Kier molecular flexibility index (Phi) is 32.6. The summed E-state index contributed by atoms with van der Waals surface area (Å²) in [5.74, 6) is 3.11. The highest BCUT2D eigenvalue weighted by Crippen LogP contribution is 2.30. The van der Waals surface area contributed by atoms with Crippen molar-refractivity contribution >= 4 is 56.1 Å². The number of para-hydroxylation sites is 1. The Morgan fingerprint density at radius 2 is 1.00 bits per heavy atom. The average molecular weight is 766 g/mol. The Hall–Kier alpha value is -1.19. The maximum atomic E-state index is 9.47. The minimum absolute atomic E-state index is 0.129. The minimum Gasteiger partial charge on any atom is -0.502 e. The number of thiocarbonyl (C=S) groups is 2. The number of aliphatic hydroxyl groups excluding tert-OH is 2. The van der Waals surface area contributed by atoms with Gasteiger partial charge in [-0.1, -0.05) is 145 Å². The second-order valence-corrected chi connectivity index (χ2v) is 16.4. The second kappa shape index (κ2) is 33.4. The number of hydrogen-bond acceptors (Lipinski definition) is 6. The molecule has 296 valence electrons. The Balaban J connectivity index is 0.000000735. The first-order valence-electron chi connectivity index (χ1n) is 20.8. The van der Waals surface area contributed by atoms with Gasteiger partial charge in [-0.25, -0.2) is 4.98 Å². The van der Waals surface area contributed by atoms with Crippen molar-refractivity contribution in [3.63, 3.8) is 0 Å². The SMILES string of the molecule is CCCCC(CC)CNCC(CC)CCCC.CCCCC(CC)CNCC(CC)CCCC.OC(=S)CC(C(O)=S)c1nc2ccccc2s1. The van der Waals surface area contributed by atoms with E-state index in [0.29, 0.717) is 5.01 Å². The van der Waals surface area contributed by atoms with Gasteiger partial charge in [0.25, 0.3) is 0 Å². The molecule has 0 aliphatic heterocycles. The molecule has 4 N–H and O–H groups in total. The van der Waals surface area contributed by atoms with Gasteiger partial charge in [0.05, 0.1) is 16.1 Å². The van der Waals surface area contributed by atoms with E-state index in [2.05, 4.69) is 83.2 Å². The molecule has 0 aliphatic carbocycles. The monoisotopic (exact) mass is 766 g/mol. The lowest BCUT2D eigenvalue weighted by atomic mass is 9.97. The van der Waals surface area contributed by atoms with Crippen LogP contribution in [0.2, 0.25) is 0 Å². The van der Waals surface area contributed by atoms with Crippen LogP contribution in [0.3, 0.4) is 0 Å². The molecule has 0 aliphatic rings. The fraction of sp³-hybridized carbons (Fsp3) is 0.791. The lowest BCUT2D eigenvalue weighted by molar-refractivity contribution is 0.372. The minimum atomic E-state index is -0.500. The van der Waals surface area contributed by atoms with E-state index in [-0.39, 0.29) is 16.5 Å². The van der Waals surface area contributed by atoms with Crippen molar-refractivity contribution in [1.29, 1.82) is 0 Å². The molecule has 0 spiro atoms. The smallest absolute Gasteiger partial charge is 0.167 e. The van der Waals surface area contributed by atoms with E-state index >= 15 is 0 Å². The quantitative estimate of drug-likeness (QED) is 0.0643. The highest BCUT2D eigenvalue weighted by atomic mass is 32.1. The summed E-state index contributed by atoms with van der Waals surface area (Å²) in [4.78, 5) is 4.39. The third kappa shape index (κ3) is 24.7. The molecule has 8 heteroatoms. The van der Waals surface area contributed by atoms with Crippen LogP contribution in [0.1, 0.15) is 175 Å². The Labute approximate surface area is 330 Å². The third-order valence-electron chi connectivity index (χ3n) is 10.2. The van der Waals surface area contributed by atoms with Gasteiger partial charge in [0, 0.05) is 6.42 Å². The van der Waals surface area contributed by atoms with E-state index in [1.54, 1.807) is 0 Å². The molecule has 1 heterocycles. The van der Waals surface area contributed by atoms with Gasteiger partial charge < -0.3 is 20.8 Å². The second-order valence-electron chi connectivity index (χ2n) is 14.5. The van der Waals surface area contributed by atoms with E-state index in [0.717, 1.165) is 33.9 Å². The van der Waals surface area contributed by atoms with E-state index in [1.165, 1.54) is 140 Å². The summed E-state index contributed by atoms with van der Waals surface area (Å²) in [5, 5.41) is 26.3. The number of fused-ring (bicyclic) bond motifs is 1. The summed E-state index contributed by atoms with van der Waals surface area (Å²) in [5.41, 5.74) is 0.859. The highest BCUT2D eigenvalue weighted by molar-refractivity contribution is 7.80. The lowest BCUT2D eigenvalue weighted by Crippen LogP contribution is -2.28. The summed E-state index contributed by atoms with van der Waals surface area (Å²) in [6.07, 6.45) is 22.0. The van der Waals surface area contributed by atoms with E-state index in [1.807, 2.05) is 24.3 Å². The zero-order valence-corrected chi connectivity index (χ0v) is 36.6. The number of nitrogens with zero attached hydrogens (tertiary/aromatic N) is 1. The number of hydrogen-bond donors (Lipinski definition) is 4. The number of aliphatic hydroxyl groups is 2. The molecule has 0 saturated carbocycles. The number of nitrogens with one attached hydrogen (secondary N) is 2. The molecule has 0 amide bonds. The van der Waals surface area contributed by atoms with Gasteiger partial charge in [-0.2, -0.15) is 0 Å². The van der Waals surface area contributed by atoms with Gasteiger partial charge in [0.15, 0.2) is 10.1 Å². The zero-order valence-electron chi connectivity index (χ0n) is 34.1. The molecule has 2 aromatic rings. The van der Waals surface area contributed by atoms with E-state index in [4.69, 9.17) is 17.3 Å². The van der Waals surface area contributed by atoms with Crippen molar-refractivity contribution in [2.24, 2.45) is 23.7 Å². The zero-order chi connectivity index (χ0) is 38.3. The maximum absolute atomic E-state index is 9.47. The van der Waals surface area contributed by atoms with Crippen LogP contribution in [0.25, 0.3) is 10.2 Å². The number of unbranched alkanes of at least 4 members (excludes halogenated alkanes) is 4. The van der Waals surface area contributed by atoms with Gasteiger partial charge in [-0.15, -0.1) is 11.3 Å². The Morgan fingerprint density at radius 3 is 1.29 bits per heavy atom. The largest absolute Gasteiger partial charge is 0.502 e. The molecule has 2 rings (SSSR count). The molecular weight excluding hydrogens is 687 g/mol. The fourth-order valence-electron chi connectivity index (χ4n) is 6.25.